The standard InChI is InChI=1S/C15H22N2O2/c1-11-6-7-14(19-3)13(10-11)16-15(18)12(2)17-8-4-5-9-17/h6-7,10,12H,4-5,8-9H2,1-3H3,(H,16,18). The molecular formula is C15H22N2O2. The van der Waals surface area contributed by atoms with Gasteiger partial charge in [-0.25, -0.2) is 0 Å². The normalized spacial score (nSPS) is 17.2. The van der Waals surface area contributed by atoms with Crippen LogP contribution < -0.4 is 10.1 Å². The molecule has 0 aromatic heterocycles. The Morgan fingerprint density at radius 3 is 2.68 bits per heavy atom. The molecule has 0 radical (unpaired) electrons. The van der Waals surface area contributed by atoms with E-state index in [-0.39, 0.29) is 11.9 Å². The van der Waals surface area contributed by atoms with Crippen LogP contribution in [0.25, 0.3) is 0 Å². The van der Waals surface area contributed by atoms with Crippen LogP contribution in [0.1, 0.15) is 25.3 Å². The van der Waals surface area contributed by atoms with Gasteiger partial charge in [0.25, 0.3) is 0 Å². The number of nitrogens with one attached hydrogen (secondary N) is 1. The van der Waals surface area contributed by atoms with E-state index >= 15 is 0 Å². The number of ether oxygens (including phenoxy) is 1. The second kappa shape index (κ2) is 6.06. The molecule has 4 nitrogen and oxygen atoms in total. The number of hydrogen-bond donors (Lipinski definition) is 1. The van der Waals surface area contributed by atoms with E-state index in [0.717, 1.165) is 24.3 Å². The smallest absolute Gasteiger partial charge is 0.241 e. The van der Waals surface area contributed by atoms with Gasteiger partial charge < -0.3 is 10.1 Å². The van der Waals surface area contributed by atoms with Gasteiger partial charge in [-0.1, -0.05) is 6.07 Å². The van der Waals surface area contributed by atoms with Crippen molar-refractivity contribution in [2.24, 2.45) is 0 Å². The molecule has 0 saturated carbocycles. The number of rotatable bonds is 4. The lowest BCUT2D eigenvalue weighted by Crippen LogP contribution is -2.40. The first-order valence-corrected chi connectivity index (χ1v) is 6.81. The van der Waals surface area contributed by atoms with Crippen molar-refractivity contribution in [1.29, 1.82) is 0 Å². The summed E-state index contributed by atoms with van der Waals surface area (Å²) < 4.78 is 5.28. The van der Waals surface area contributed by atoms with Crippen molar-refractivity contribution in [2.75, 3.05) is 25.5 Å². The van der Waals surface area contributed by atoms with Gasteiger partial charge in [0.15, 0.2) is 0 Å². The minimum Gasteiger partial charge on any atom is -0.495 e. The van der Waals surface area contributed by atoms with Crippen LogP contribution in [-0.4, -0.2) is 37.0 Å². The number of carbonyl (C=O) groups is 1. The molecule has 1 aromatic rings. The van der Waals surface area contributed by atoms with Gasteiger partial charge in [-0.2, -0.15) is 0 Å². The van der Waals surface area contributed by atoms with Gasteiger partial charge >= 0.3 is 0 Å². The van der Waals surface area contributed by atoms with E-state index in [0.29, 0.717) is 5.75 Å². The van der Waals surface area contributed by atoms with Gasteiger partial charge in [-0.05, 0) is 57.5 Å². The lowest BCUT2D eigenvalue weighted by molar-refractivity contribution is -0.120. The third-order valence-electron chi connectivity index (χ3n) is 3.68. The Morgan fingerprint density at radius 2 is 2.05 bits per heavy atom. The molecule has 1 aromatic carbocycles. The number of aryl methyl sites for hydroxylation is 1. The SMILES string of the molecule is COc1ccc(C)cc1NC(=O)C(C)N1CCCC1. The number of methoxy groups -OCH3 is 1. The molecule has 1 N–H and O–H groups in total. The van der Waals surface area contributed by atoms with E-state index in [1.54, 1.807) is 7.11 Å². The fourth-order valence-corrected chi connectivity index (χ4v) is 2.45. The zero-order valence-corrected chi connectivity index (χ0v) is 11.9. The number of hydrogen-bond acceptors (Lipinski definition) is 3. The van der Waals surface area contributed by atoms with Gasteiger partial charge in [0.1, 0.15) is 5.75 Å². The van der Waals surface area contributed by atoms with Crippen LogP contribution in [0.3, 0.4) is 0 Å². The predicted molar refractivity (Wildman–Crippen MR) is 76.6 cm³/mol. The predicted octanol–water partition coefficient (Wildman–Crippen LogP) is 2.43. The Kier molecular flexibility index (Phi) is 4.43. The average Bonchev–Trinajstić information content (AvgIpc) is 2.92. The molecule has 0 aliphatic carbocycles. The molecule has 1 aliphatic rings. The summed E-state index contributed by atoms with van der Waals surface area (Å²) >= 11 is 0. The monoisotopic (exact) mass is 262 g/mol. The Balaban J connectivity index is 2.07. The van der Waals surface area contributed by atoms with Crippen LogP contribution in [-0.2, 0) is 4.79 Å². The summed E-state index contributed by atoms with van der Waals surface area (Å²) in [5.41, 5.74) is 1.85. The van der Waals surface area contributed by atoms with Crippen molar-refractivity contribution in [3.8, 4) is 5.75 Å². The Bertz CT molecular complexity index is 453. The van der Waals surface area contributed by atoms with E-state index in [4.69, 9.17) is 4.74 Å². The summed E-state index contributed by atoms with van der Waals surface area (Å²) in [6.07, 6.45) is 2.37. The van der Waals surface area contributed by atoms with Gasteiger partial charge in [-0.3, -0.25) is 9.69 Å². The van der Waals surface area contributed by atoms with Gasteiger partial charge in [0.05, 0.1) is 18.8 Å². The van der Waals surface area contributed by atoms with Gasteiger partial charge in [0, 0.05) is 0 Å². The van der Waals surface area contributed by atoms with Crippen LogP contribution in [0.5, 0.6) is 5.75 Å². The van der Waals surface area contributed by atoms with Crippen LogP contribution in [0.15, 0.2) is 18.2 Å². The third kappa shape index (κ3) is 3.26. The highest BCUT2D eigenvalue weighted by Gasteiger charge is 2.24. The summed E-state index contributed by atoms with van der Waals surface area (Å²) in [6.45, 7) is 5.99. The number of benzene rings is 1. The average molecular weight is 262 g/mol. The molecule has 1 unspecified atom stereocenters. The van der Waals surface area contributed by atoms with E-state index in [1.165, 1.54) is 12.8 Å². The minimum atomic E-state index is -0.0901. The van der Waals surface area contributed by atoms with Crippen molar-refractivity contribution in [1.82, 2.24) is 4.90 Å². The zero-order chi connectivity index (χ0) is 13.8. The maximum atomic E-state index is 12.3. The molecule has 2 rings (SSSR count). The molecule has 1 aliphatic heterocycles. The number of anilines is 1. The summed E-state index contributed by atoms with van der Waals surface area (Å²) in [7, 11) is 1.62. The van der Waals surface area contributed by atoms with Crippen molar-refractivity contribution < 1.29 is 9.53 Å². The van der Waals surface area contributed by atoms with Crippen molar-refractivity contribution >= 4 is 11.6 Å². The van der Waals surface area contributed by atoms with Crippen LogP contribution in [0, 0.1) is 6.92 Å². The lowest BCUT2D eigenvalue weighted by Gasteiger charge is -2.23. The third-order valence-corrected chi connectivity index (χ3v) is 3.68. The Labute approximate surface area is 114 Å². The zero-order valence-electron chi connectivity index (χ0n) is 11.9. The second-order valence-corrected chi connectivity index (χ2v) is 5.11. The maximum absolute atomic E-state index is 12.3. The summed E-state index contributed by atoms with van der Waals surface area (Å²) in [5.74, 6) is 0.735. The first kappa shape index (κ1) is 13.9. The van der Waals surface area contributed by atoms with E-state index in [9.17, 15) is 4.79 Å². The van der Waals surface area contributed by atoms with E-state index in [2.05, 4.69) is 10.2 Å². The molecule has 1 amide bonds. The minimum absolute atomic E-state index is 0.0331. The number of likely N-dealkylation sites (tertiary alicyclic amines) is 1. The molecule has 104 valence electrons. The summed E-state index contributed by atoms with van der Waals surface area (Å²) in [6, 6.07) is 5.70. The molecule has 19 heavy (non-hydrogen) atoms. The number of nitrogens with zero attached hydrogens (tertiary/aromatic N) is 1. The highest BCUT2D eigenvalue weighted by Crippen LogP contribution is 2.25. The molecule has 1 fully saturated rings. The van der Waals surface area contributed by atoms with Crippen molar-refractivity contribution in [3.05, 3.63) is 23.8 Å². The molecule has 1 heterocycles. The fraction of sp³-hybridized carbons (Fsp3) is 0.533. The number of carbonyl (C=O) groups excluding carboxylic acids is 1. The lowest BCUT2D eigenvalue weighted by atomic mass is 10.2. The highest BCUT2D eigenvalue weighted by atomic mass is 16.5. The van der Waals surface area contributed by atoms with Crippen molar-refractivity contribution in [3.63, 3.8) is 0 Å². The number of amides is 1. The molecule has 1 atom stereocenters. The molecule has 0 bridgehead atoms. The highest BCUT2D eigenvalue weighted by molar-refractivity contribution is 5.95. The Morgan fingerprint density at radius 1 is 1.37 bits per heavy atom. The van der Waals surface area contributed by atoms with Crippen LogP contribution in [0.4, 0.5) is 5.69 Å². The fourth-order valence-electron chi connectivity index (χ4n) is 2.45. The topological polar surface area (TPSA) is 41.6 Å². The summed E-state index contributed by atoms with van der Waals surface area (Å²) in [5, 5.41) is 2.97. The van der Waals surface area contributed by atoms with Crippen LogP contribution >= 0.6 is 0 Å². The largest absolute Gasteiger partial charge is 0.495 e. The first-order chi connectivity index (χ1) is 9.11. The molecule has 4 heteroatoms. The van der Waals surface area contributed by atoms with Crippen molar-refractivity contribution in [2.45, 2.75) is 32.7 Å². The maximum Gasteiger partial charge on any atom is 0.241 e. The molecular weight excluding hydrogens is 240 g/mol. The summed E-state index contributed by atoms with van der Waals surface area (Å²) in [4.78, 5) is 14.5. The van der Waals surface area contributed by atoms with Crippen LogP contribution in [0.2, 0.25) is 0 Å². The molecule has 0 spiro atoms. The van der Waals surface area contributed by atoms with E-state index < -0.39 is 0 Å². The van der Waals surface area contributed by atoms with Gasteiger partial charge in [-0.15, -0.1) is 0 Å². The molecule has 1 saturated heterocycles. The van der Waals surface area contributed by atoms with Gasteiger partial charge in [0.2, 0.25) is 5.91 Å². The second-order valence-electron chi connectivity index (χ2n) is 5.11. The van der Waals surface area contributed by atoms with E-state index in [1.807, 2.05) is 32.0 Å². The Hall–Kier alpha value is -1.55. The first-order valence-electron chi connectivity index (χ1n) is 6.81. The quantitative estimate of drug-likeness (QED) is 0.906.